The van der Waals surface area contributed by atoms with Gasteiger partial charge in [-0.2, -0.15) is 0 Å². The number of rotatable bonds is 3. The summed E-state index contributed by atoms with van der Waals surface area (Å²) >= 11 is 3.49. The molecular formula is C12H17BrN2O. The Labute approximate surface area is 105 Å². The molecule has 0 aromatic heterocycles. The molecule has 1 saturated heterocycles. The summed E-state index contributed by atoms with van der Waals surface area (Å²) in [4.78, 5) is 2.34. The Balaban J connectivity index is 1.96. The second kappa shape index (κ2) is 5.66. The van der Waals surface area contributed by atoms with Gasteiger partial charge in [-0.25, -0.2) is 0 Å². The van der Waals surface area contributed by atoms with Crippen LogP contribution in [0.15, 0.2) is 28.7 Å². The van der Waals surface area contributed by atoms with Crippen LogP contribution in [0.4, 0.5) is 0 Å². The van der Waals surface area contributed by atoms with Gasteiger partial charge in [0, 0.05) is 26.2 Å². The van der Waals surface area contributed by atoms with Crippen molar-refractivity contribution in [2.75, 3.05) is 26.2 Å². The van der Waals surface area contributed by atoms with Gasteiger partial charge < -0.3 is 10.1 Å². The second-order valence-corrected chi connectivity index (χ2v) is 4.79. The predicted octanol–water partition coefficient (Wildman–Crippen LogP) is 2.08. The second-order valence-electron chi connectivity index (χ2n) is 3.93. The maximum Gasteiger partial charge on any atom is 0.149 e. The highest BCUT2D eigenvalue weighted by Crippen LogP contribution is 2.25. The minimum atomic E-state index is 0.126. The number of benzene rings is 1. The number of hydrogen-bond acceptors (Lipinski definition) is 3. The van der Waals surface area contributed by atoms with E-state index >= 15 is 0 Å². The number of para-hydroxylation sites is 1. The van der Waals surface area contributed by atoms with E-state index in [-0.39, 0.29) is 6.23 Å². The molecule has 0 spiro atoms. The Morgan fingerprint density at radius 2 is 2.00 bits per heavy atom. The van der Waals surface area contributed by atoms with Crippen LogP contribution in [0.3, 0.4) is 0 Å². The fourth-order valence-electron chi connectivity index (χ4n) is 1.84. The van der Waals surface area contributed by atoms with Crippen molar-refractivity contribution in [3.05, 3.63) is 28.7 Å². The van der Waals surface area contributed by atoms with E-state index in [9.17, 15) is 0 Å². The molecular weight excluding hydrogens is 268 g/mol. The fraction of sp³-hybridized carbons (Fsp3) is 0.500. The monoisotopic (exact) mass is 284 g/mol. The molecule has 2 rings (SSSR count). The lowest BCUT2D eigenvalue weighted by Crippen LogP contribution is -2.49. The van der Waals surface area contributed by atoms with E-state index in [0.29, 0.717) is 0 Å². The highest BCUT2D eigenvalue weighted by atomic mass is 79.9. The minimum Gasteiger partial charge on any atom is -0.474 e. The van der Waals surface area contributed by atoms with Crippen molar-refractivity contribution in [3.63, 3.8) is 0 Å². The van der Waals surface area contributed by atoms with Crippen molar-refractivity contribution in [3.8, 4) is 5.75 Å². The first kappa shape index (κ1) is 11.9. The lowest BCUT2D eigenvalue weighted by molar-refractivity contribution is 0.0306. The molecule has 1 fully saturated rings. The summed E-state index contributed by atoms with van der Waals surface area (Å²) in [5.41, 5.74) is 0. The first-order valence-corrected chi connectivity index (χ1v) is 6.42. The van der Waals surface area contributed by atoms with Crippen LogP contribution in [0.25, 0.3) is 0 Å². The van der Waals surface area contributed by atoms with E-state index in [1.54, 1.807) is 0 Å². The zero-order chi connectivity index (χ0) is 11.4. The summed E-state index contributed by atoms with van der Waals surface area (Å²) in [6.07, 6.45) is 0.126. The largest absolute Gasteiger partial charge is 0.474 e. The Kier molecular flexibility index (Phi) is 4.21. The Bertz CT molecular complexity index is 340. The van der Waals surface area contributed by atoms with E-state index in [0.717, 1.165) is 36.4 Å². The van der Waals surface area contributed by atoms with E-state index in [4.69, 9.17) is 4.74 Å². The summed E-state index contributed by atoms with van der Waals surface area (Å²) in [6.45, 7) is 6.29. The van der Waals surface area contributed by atoms with Gasteiger partial charge in [0.2, 0.25) is 0 Å². The third kappa shape index (κ3) is 2.97. The molecule has 16 heavy (non-hydrogen) atoms. The molecule has 0 amide bonds. The van der Waals surface area contributed by atoms with E-state index < -0.39 is 0 Å². The maximum atomic E-state index is 5.94. The van der Waals surface area contributed by atoms with E-state index in [1.807, 2.05) is 24.3 Å². The molecule has 0 radical (unpaired) electrons. The van der Waals surface area contributed by atoms with Gasteiger partial charge in [-0.3, -0.25) is 4.90 Å². The Morgan fingerprint density at radius 1 is 1.31 bits per heavy atom. The van der Waals surface area contributed by atoms with Gasteiger partial charge in [0.1, 0.15) is 12.0 Å². The van der Waals surface area contributed by atoms with Crippen LogP contribution in [0.1, 0.15) is 6.92 Å². The molecule has 4 heteroatoms. The molecule has 0 saturated carbocycles. The van der Waals surface area contributed by atoms with Gasteiger partial charge in [0.15, 0.2) is 0 Å². The minimum absolute atomic E-state index is 0.126. The summed E-state index contributed by atoms with van der Waals surface area (Å²) in [5.74, 6) is 0.911. The van der Waals surface area contributed by atoms with Gasteiger partial charge in [-0.1, -0.05) is 12.1 Å². The lowest BCUT2D eigenvalue weighted by atomic mass is 10.3. The molecule has 1 N–H and O–H groups in total. The maximum absolute atomic E-state index is 5.94. The predicted molar refractivity (Wildman–Crippen MR) is 68.7 cm³/mol. The molecule has 1 heterocycles. The molecule has 3 nitrogen and oxygen atoms in total. The summed E-state index contributed by atoms with van der Waals surface area (Å²) < 4.78 is 6.95. The molecule has 88 valence electrons. The van der Waals surface area contributed by atoms with E-state index in [1.165, 1.54) is 0 Å². The Morgan fingerprint density at radius 3 is 2.69 bits per heavy atom. The van der Waals surface area contributed by atoms with Crippen LogP contribution in [0, 0.1) is 0 Å². The first-order valence-electron chi connectivity index (χ1n) is 5.63. The molecule has 1 aliphatic rings. The van der Waals surface area contributed by atoms with Gasteiger partial charge in [-0.15, -0.1) is 0 Å². The fourth-order valence-corrected chi connectivity index (χ4v) is 2.22. The average Bonchev–Trinajstić information content (AvgIpc) is 2.33. The van der Waals surface area contributed by atoms with Crippen LogP contribution in [-0.4, -0.2) is 37.3 Å². The molecule has 1 aliphatic heterocycles. The molecule has 0 aliphatic carbocycles. The number of ether oxygens (including phenoxy) is 1. The van der Waals surface area contributed by atoms with Crippen LogP contribution in [0.2, 0.25) is 0 Å². The third-order valence-electron chi connectivity index (χ3n) is 2.80. The highest BCUT2D eigenvalue weighted by Gasteiger charge is 2.17. The lowest BCUT2D eigenvalue weighted by Gasteiger charge is -2.32. The van der Waals surface area contributed by atoms with Crippen molar-refractivity contribution in [2.45, 2.75) is 13.2 Å². The van der Waals surface area contributed by atoms with Crippen molar-refractivity contribution in [1.29, 1.82) is 0 Å². The molecule has 1 atom stereocenters. The first-order chi connectivity index (χ1) is 7.77. The average molecular weight is 285 g/mol. The standard InChI is InChI=1S/C12H17BrN2O/c1-10(15-8-6-14-7-9-15)16-12-5-3-2-4-11(12)13/h2-5,10,14H,6-9H2,1H3. The van der Waals surface area contributed by atoms with Gasteiger partial charge in [0.25, 0.3) is 0 Å². The number of piperazine rings is 1. The Hall–Kier alpha value is -0.580. The molecule has 1 aromatic carbocycles. The normalized spacial score (nSPS) is 19.4. The van der Waals surface area contributed by atoms with Crippen molar-refractivity contribution >= 4 is 15.9 Å². The van der Waals surface area contributed by atoms with Gasteiger partial charge in [0.05, 0.1) is 4.47 Å². The number of nitrogens with one attached hydrogen (secondary N) is 1. The van der Waals surface area contributed by atoms with Crippen molar-refractivity contribution < 1.29 is 4.74 Å². The highest BCUT2D eigenvalue weighted by molar-refractivity contribution is 9.10. The SMILES string of the molecule is CC(Oc1ccccc1Br)N1CCNCC1. The summed E-state index contributed by atoms with van der Waals surface area (Å²) in [7, 11) is 0. The van der Waals surface area contributed by atoms with E-state index in [2.05, 4.69) is 33.1 Å². The van der Waals surface area contributed by atoms with Crippen LogP contribution < -0.4 is 10.1 Å². The molecule has 1 aromatic rings. The smallest absolute Gasteiger partial charge is 0.149 e. The van der Waals surface area contributed by atoms with Crippen molar-refractivity contribution in [1.82, 2.24) is 10.2 Å². The van der Waals surface area contributed by atoms with Crippen LogP contribution in [-0.2, 0) is 0 Å². The molecule has 0 bridgehead atoms. The number of nitrogens with zero attached hydrogens (tertiary/aromatic N) is 1. The van der Waals surface area contributed by atoms with Crippen LogP contribution >= 0.6 is 15.9 Å². The molecule has 1 unspecified atom stereocenters. The zero-order valence-corrected chi connectivity index (χ0v) is 11.0. The topological polar surface area (TPSA) is 24.5 Å². The quantitative estimate of drug-likeness (QED) is 0.920. The zero-order valence-electron chi connectivity index (χ0n) is 9.45. The van der Waals surface area contributed by atoms with Crippen LogP contribution in [0.5, 0.6) is 5.75 Å². The summed E-state index contributed by atoms with van der Waals surface area (Å²) in [5, 5.41) is 3.34. The van der Waals surface area contributed by atoms with Gasteiger partial charge in [-0.05, 0) is 35.0 Å². The number of halogens is 1. The summed E-state index contributed by atoms with van der Waals surface area (Å²) in [6, 6.07) is 7.97. The van der Waals surface area contributed by atoms with Crippen molar-refractivity contribution in [2.24, 2.45) is 0 Å². The number of hydrogen-bond donors (Lipinski definition) is 1. The third-order valence-corrected chi connectivity index (χ3v) is 3.46. The van der Waals surface area contributed by atoms with Gasteiger partial charge >= 0.3 is 0 Å².